The molecule has 15 heavy (non-hydrogen) atoms. The van der Waals surface area contributed by atoms with Crippen LogP contribution in [0.3, 0.4) is 0 Å². The largest absolute Gasteiger partial charge is 0.376 e. The van der Waals surface area contributed by atoms with Gasteiger partial charge in [0.2, 0.25) is 0 Å². The highest BCUT2D eigenvalue weighted by molar-refractivity contribution is 5.92. The number of likely N-dealkylation sites (N-methyl/N-ethyl adjacent to an activating group) is 2. The van der Waals surface area contributed by atoms with Gasteiger partial charge in [-0.15, -0.1) is 0 Å². The Labute approximate surface area is 91.7 Å². The molecule has 1 unspecified atom stereocenters. The first-order valence-electron chi connectivity index (χ1n) is 5.81. The van der Waals surface area contributed by atoms with Crippen LogP contribution in [0.15, 0.2) is 11.8 Å². The molecule has 1 saturated heterocycles. The second kappa shape index (κ2) is 4.35. The number of hydrogen-bond donors (Lipinski definition) is 0. The van der Waals surface area contributed by atoms with Crippen LogP contribution in [0.4, 0.5) is 0 Å². The predicted molar refractivity (Wildman–Crippen MR) is 60.6 cm³/mol. The molecule has 1 aliphatic heterocycles. The highest BCUT2D eigenvalue weighted by Crippen LogP contribution is 2.21. The maximum atomic E-state index is 11.1. The van der Waals surface area contributed by atoms with Crippen molar-refractivity contribution < 1.29 is 4.79 Å². The molecule has 0 aromatic heterocycles. The van der Waals surface area contributed by atoms with E-state index in [1.165, 1.54) is 25.1 Å². The van der Waals surface area contributed by atoms with E-state index < -0.39 is 0 Å². The molecule has 0 radical (unpaired) electrons. The van der Waals surface area contributed by atoms with E-state index in [1.54, 1.807) is 0 Å². The SMILES string of the molecule is CN(CC1CCCN1C)C1=CC(=O)CC1. The number of hydrogen-bond acceptors (Lipinski definition) is 3. The Bertz CT molecular complexity index is 285. The Kier molecular flexibility index (Phi) is 3.10. The molecule has 0 amide bonds. The number of nitrogens with zero attached hydrogens (tertiary/aromatic N) is 2. The number of likely N-dealkylation sites (tertiary alicyclic amines) is 1. The third-order valence-corrected chi connectivity index (χ3v) is 3.60. The standard InChI is InChI=1S/C12H20N2O/c1-13-7-3-4-11(13)9-14(2)10-5-6-12(15)8-10/h8,11H,3-7,9H2,1-2H3. The zero-order valence-corrected chi connectivity index (χ0v) is 9.70. The molecule has 3 nitrogen and oxygen atoms in total. The molecule has 3 heteroatoms. The van der Waals surface area contributed by atoms with E-state index in [9.17, 15) is 4.79 Å². The average Bonchev–Trinajstić information content (AvgIpc) is 2.77. The van der Waals surface area contributed by atoms with Gasteiger partial charge in [0.05, 0.1) is 0 Å². The van der Waals surface area contributed by atoms with Crippen LogP contribution in [-0.4, -0.2) is 48.8 Å². The lowest BCUT2D eigenvalue weighted by Crippen LogP contribution is -2.36. The van der Waals surface area contributed by atoms with Gasteiger partial charge in [-0.05, 0) is 32.9 Å². The van der Waals surface area contributed by atoms with Crippen LogP contribution >= 0.6 is 0 Å². The van der Waals surface area contributed by atoms with Crippen LogP contribution in [0, 0.1) is 0 Å². The summed E-state index contributed by atoms with van der Waals surface area (Å²) < 4.78 is 0. The molecule has 0 bridgehead atoms. The Morgan fingerprint density at radius 3 is 2.87 bits per heavy atom. The van der Waals surface area contributed by atoms with Gasteiger partial charge in [-0.1, -0.05) is 0 Å². The Hall–Kier alpha value is -0.830. The number of rotatable bonds is 3. The number of carbonyl (C=O) groups excluding carboxylic acids is 1. The monoisotopic (exact) mass is 208 g/mol. The molecule has 0 aromatic carbocycles. The van der Waals surface area contributed by atoms with E-state index in [0.717, 1.165) is 13.0 Å². The van der Waals surface area contributed by atoms with Crippen LogP contribution in [0.2, 0.25) is 0 Å². The zero-order chi connectivity index (χ0) is 10.8. The van der Waals surface area contributed by atoms with Crippen LogP contribution in [0.1, 0.15) is 25.7 Å². The fraction of sp³-hybridized carbons (Fsp3) is 0.750. The summed E-state index contributed by atoms with van der Waals surface area (Å²) in [6, 6.07) is 0.673. The van der Waals surface area contributed by atoms with Crippen molar-refractivity contribution in [2.24, 2.45) is 0 Å². The summed E-state index contributed by atoms with van der Waals surface area (Å²) in [6.45, 7) is 2.28. The van der Waals surface area contributed by atoms with Crippen molar-refractivity contribution >= 4 is 5.78 Å². The van der Waals surface area contributed by atoms with Gasteiger partial charge >= 0.3 is 0 Å². The van der Waals surface area contributed by atoms with Crippen LogP contribution in [-0.2, 0) is 4.79 Å². The molecule has 1 atom stereocenters. The topological polar surface area (TPSA) is 23.6 Å². The summed E-state index contributed by atoms with van der Waals surface area (Å²) in [5.41, 5.74) is 1.22. The molecule has 84 valence electrons. The lowest BCUT2D eigenvalue weighted by atomic mass is 10.2. The van der Waals surface area contributed by atoms with Crippen LogP contribution in [0.25, 0.3) is 0 Å². The molecule has 1 fully saturated rings. The summed E-state index contributed by atoms with van der Waals surface area (Å²) >= 11 is 0. The lowest BCUT2D eigenvalue weighted by Gasteiger charge is -2.27. The maximum absolute atomic E-state index is 11.1. The van der Waals surface area contributed by atoms with Gasteiger partial charge in [-0.3, -0.25) is 4.79 Å². The third-order valence-electron chi connectivity index (χ3n) is 3.60. The summed E-state index contributed by atoms with van der Waals surface area (Å²) in [7, 11) is 4.30. The van der Waals surface area contributed by atoms with Gasteiger partial charge in [0, 0.05) is 37.8 Å². The Balaban J connectivity index is 1.89. The molecule has 2 rings (SSSR count). The minimum Gasteiger partial charge on any atom is -0.376 e. The summed E-state index contributed by atoms with van der Waals surface area (Å²) in [4.78, 5) is 15.8. The quantitative estimate of drug-likeness (QED) is 0.697. The summed E-state index contributed by atoms with van der Waals surface area (Å²) in [6.07, 6.45) is 6.07. The van der Waals surface area contributed by atoms with Crippen molar-refractivity contribution in [2.45, 2.75) is 31.7 Å². The minimum absolute atomic E-state index is 0.289. The van der Waals surface area contributed by atoms with Gasteiger partial charge in [0.25, 0.3) is 0 Å². The molecular formula is C12H20N2O. The van der Waals surface area contributed by atoms with Crippen molar-refractivity contribution in [2.75, 3.05) is 27.2 Å². The Morgan fingerprint density at radius 2 is 2.33 bits per heavy atom. The third kappa shape index (κ3) is 2.40. The first kappa shape index (κ1) is 10.7. The van der Waals surface area contributed by atoms with Gasteiger partial charge in [-0.2, -0.15) is 0 Å². The van der Waals surface area contributed by atoms with E-state index in [-0.39, 0.29) is 5.78 Å². The molecule has 1 heterocycles. The van der Waals surface area contributed by atoms with Crippen LogP contribution in [0.5, 0.6) is 0 Å². The molecule has 1 aliphatic carbocycles. The average molecular weight is 208 g/mol. The predicted octanol–water partition coefficient (Wildman–Crippen LogP) is 1.26. The van der Waals surface area contributed by atoms with E-state index >= 15 is 0 Å². The molecule has 2 aliphatic rings. The van der Waals surface area contributed by atoms with Gasteiger partial charge in [0.1, 0.15) is 0 Å². The fourth-order valence-corrected chi connectivity index (χ4v) is 2.53. The minimum atomic E-state index is 0.289. The summed E-state index contributed by atoms with van der Waals surface area (Å²) in [5.74, 6) is 0.289. The van der Waals surface area contributed by atoms with E-state index in [4.69, 9.17) is 0 Å². The smallest absolute Gasteiger partial charge is 0.157 e. The van der Waals surface area contributed by atoms with Crippen molar-refractivity contribution in [1.29, 1.82) is 0 Å². The second-order valence-electron chi connectivity index (χ2n) is 4.76. The van der Waals surface area contributed by atoms with E-state index in [2.05, 4.69) is 23.9 Å². The summed E-state index contributed by atoms with van der Waals surface area (Å²) in [5, 5.41) is 0. The van der Waals surface area contributed by atoms with Gasteiger partial charge in [0.15, 0.2) is 5.78 Å². The Morgan fingerprint density at radius 1 is 1.53 bits per heavy atom. The first-order valence-corrected chi connectivity index (χ1v) is 5.81. The highest BCUT2D eigenvalue weighted by atomic mass is 16.1. The number of ketones is 1. The number of carbonyl (C=O) groups is 1. The highest BCUT2D eigenvalue weighted by Gasteiger charge is 2.24. The van der Waals surface area contributed by atoms with E-state index in [1.807, 2.05) is 6.08 Å². The van der Waals surface area contributed by atoms with Crippen LogP contribution < -0.4 is 0 Å². The number of allylic oxidation sites excluding steroid dienone is 2. The van der Waals surface area contributed by atoms with Gasteiger partial charge in [-0.25, -0.2) is 0 Å². The van der Waals surface area contributed by atoms with Crippen molar-refractivity contribution in [3.63, 3.8) is 0 Å². The first-order chi connectivity index (χ1) is 7.16. The second-order valence-corrected chi connectivity index (χ2v) is 4.76. The normalized spacial score (nSPS) is 27.2. The van der Waals surface area contributed by atoms with Gasteiger partial charge < -0.3 is 9.80 Å². The zero-order valence-electron chi connectivity index (χ0n) is 9.70. The lowest BCUT2D eigenvalue weighted by molar-refractivity contribution is -0.114. The molecule has 0 aromatic rings. The molecule has 0 N–H and O–H groups in total. The fourth-order valence-electron chi connectivity index (χ4n) is 2.53. The van der Waals surface area contributed by atoms with Crippen molar-refractivity contribution in [1.82, 2.24) is 9.80 Å². The van der Waals surface area contributed by atoms with Crippen molar-refractivity contribution in [3.8, 4) is 0 Å². The van der Waals surface area contributed by atoms with E-state index in [0.29, 0.717) is 12.5 Å². The van der Waals surface area contributed by atoms with Crippen molar-refractivity contribution in [3.05, 3.63) is 11.8 Å². The maximum Gasteiger partial charge on any atom is 0.157 e. The molecule has 0 spiro atoms. The molecule has 0 saturated carbocycles. The molecular weight excluding hydrogens is 188 g/mol.